The average Bonchev–Trinajstić information content (AvgIpc) is 2.45. The Kier molecular flexibility index (Phi) is 4.57. The first kappa shape index (κ1) is 14.6. The van der Waals surface area contributed by atoms with Crippen LogP contribution in [0.15, 0.2) is 36.4 Å². The monoisotopic (exact) mass is 280 g/mol. The van der Waals surface area contributed by atoms with Crippen molar-refractivity contribution in [3.8, 4) is 18.1 Å². The van der Waals surface area contributed by atoms with Crippen molar-refractivity contribution in [1.82, 2.24) is 4.98 Å². The number of hydrogen-bond acceptors (Lipinski definition) is 3. The average molecular weight is 280 g/mol. The van der Waals surface area contributed by atoms with Crippen molar-refractivity contribution in [2.45, 2.75) is 13.8 Å². The molecule has 0 aliphatic carbocycles. The molecule has 4 nitrogen and oxygen atoms in total. The Morgan fingerprint density at radius 2 is 2.05 bits per heavy atom. The number of aryl methyl sites for hydroxylation is 2. The highest BCUT2D eigenvalue weighted by atomic mass is 16.5. The summed E-state index contributed by atoms with van der Waals surface area (Å²) in [7, 11) is 0. The Bertz CT molecular complexity index is 688. The number of pyridine rings is 1. The standard InChI is InChI=1S/C17H16N2O2/c1-4-10-21-15-11-12(2)18-13(3)16(15)17(20)19-14-8-6-5-7-9-14/h1,5-9,11H,10H2,2-3H3,(H,19,20). The van der Waals surface area contributed by atoms with Gasteiger partial charge in [-0.05, 0) is 26.0 Å². The number of terminal acetylenes is 1. The molecule has 21 heavy (non-hydrogen) atoms. The van der Waals surface area contributed by atoms with Gasteiger partial charge in [-0.25, -0.2) is 0 Å². The molecule has 2 aromatic rings. The van der Waals surface area contributed by atoms with E-state index in [1.54, 1.807) is 13.0 Å². The molecule has 0 atom stereocenters. The largest absolute Gasteiger partial charge is 0.480 e. The van der Waals surface area contributed by atoms with E-state index in [1.165, 1.54) is 0 Å². The van der Waals surface area contributed by atoms with E-state index < -0.39 is 0 Å². The summed E-state index contributed by atoms with van der Waals surface area (Å²) in [6.07, 6.45) is 5.21. The zero-order valence-corrected chi connectivity index (χ0v) is 12.0. The summed E-state index contributed by atoms with van der Waals surface area (Å²) in [6.45, 7) is 3.72. The zero-order valence-electron chi connectivity index (χ0n) is 12.0. The summed E-state index contributed by atoms with van der Waals surface area (Å²) in [6, 6.07) is 10.9. The van der Waals surface area contributed by atoms with Gasteiger partial charge in [-0.2, -0.15) is 0 Å². The first-order valence-electron chi connectivity index (χ1n) is 6.52. The number of anilines is 1. The van der Waals surface area contributed by atoms with E-state index in [9.17, 15) is 4.79 Å². The van der Waals surface area contributed by atoms with Gasteiger partial charge in [0.25, 0.3) is 5.91 Å². The number of aromatic nitrogens is 1. The van der Waals surface area contributed by atoms with E-state index in [1.807, 2.05) is 37.3 Å². The predicted octanol–water partition coefficient (Wildman–Crippen LogP) is 2.96. The Morgan fingerprint density at radius 3 is 2.71 bits per heavy atom. The van der Waals surface area contributed by atoms with Crippen molar-refractivity contribution in [2.24, 2.45) is 0 Å². The number of benzene rings is 1. The van der Waals surface area contributed by atoms with Crippen LogP contribution in [0, 0.1) is 26.2 Å². The lowest BCUT2D eigenvalue weighted by Gasteiger charge is -2.13. The molecule has 0 saturated heterocycles. The number of amides is 1. The summed E-state index contributed by atoms with van der Waals surface area (Å²) in [5.41, 5.74) is 2.50. The van der Waals surface area contributed by atoms with E-state index in [0.717, 1.165) is 5.69 Å². The summed E-state index contributed by atoms with van der Waals surface area (Å²) >= 11 is 0. The van der Waals surface area contributed by atoms with Crippen LogP contribution in [-0.2, 0) is 0 Å². The fourth-order valence-electron chi connectivity index (χ4n) is 2.02. The number of carbonyl (C=O) groups is 1. The zero-order chi connectivity index (χ0) is 15.2. The van der Waals surface area contributed by atoms with Crippen LogP contribution in [0.5, 0.6) is 5.75 Å². The third kappa shape index (κ3) is 3.61. The van der Waals surface area contributed by atoms with Crippen LogP contribution >= 0.6 is 0 Å². The maximum Gasteiger partial charge on any atom is 0.261 e. The summed E-state index contributed by atoms with van der Waals surface area (Å²) in [4.78, 5) is 16.8. The molecule has 1 N–H and O–H groups in total. The van der Waals surface area contributed by atoms with Crippen molar-refractivity contribution in [3.63, 3.8) is 0 Å². The fraction of sp³-hybridized carbons (Fsp3) is 0.176. The molecule has 1 amide bonds. The van der Waals surface area contributed by atoms with Gasteiger partial charge in [-0.1, -0.05) is 24.1 Å². The molecular weight excluding hydrogens is 264 g/mol. The topological polar surface area (TPSA) is 51.2 Å². The van der Waals surface area contributed by atoms with Crippen molar-refractivity contribution in [1.29, 1.82) is 0 Å². The van der Waals surface area contributed by atoms with Crippen molar-refractivity contribution >= 4 is 11.6 Å². The van der Waals surface area contributed by atoms with Crippen LogP contribution in [0.25, 0.3) is 0 Å². The van der Waals surface area contributed by atoms with Gasteiger partial charge in [-0.15, -0.1) is 6.42 Å². The van der Waals surface area contributed by atoms with Crippen LogP contribution in [-0.4, -0.2) is 17.5 Å². The third-order valence-electron chi connectivity index (χ3n) is 2.86. The Labute approximate surface area is 124 Å². The number of carbonyl (C=O) groups excluding carboxylic acids is 1. The second-order valence-electron chi connectivity index (χ2n) is 4.54. The first-order chi connectivity index (χ1) is 10.1. The van der Waals surface area contributed by atoms with Gasteiger partial charge in [0.05, 0.1) is 5.69 Å². The maximum absolute atomic E-state index is 12.4. The number of para-hydroxylation sites is 1. The minimum atomic E-state index is -0.266. The van der Waals surface area contributed by atoms with Crippen LogP contribution in [0.2, 0.25) is 0 Å². The molecule has 0 radical (unpaired) electrons. The van der Waals surface area contributed by atoms with Crippen LogP contribution < -0.4 is 10.1 Å². The van der Waals surface area contributed by atoms with Gasteiger partial charge in [0.15, 0.2) is 0 Å². The lowest BCUT2D eigenvalue weighted by molar-refractivity contribution is 0.102. The van der Waals surface area contributed by atoms with E-state index in [-0.39, 0.29) is 12.5 Å². The van der Waals surface area contributed by atoms with Crippen LogP contribution in [0.1, 0.15) is 21.7 Å². The molecular formula is C17H16N2O2. The lowest BCUT2D eigenvalue weighted by atomic mass is 10.1. The first-order valence-corrected chi connectivity index (χ1v) is 6.52. The van der Waals surface area contributed by atoms with E-state index in [4.69, 9.17) is 11.2 Å². The highest BCUT2D eigenvalue weighted by molar-refractivity contribution is 6.07. The second kappa shape index (κ2) is 6.58. The van der Waals surface area contributed by atoms with Crippen molar-refractivity contribution in [2.75, 3.05) is 11.9 Å². The lowest BCUT2D eigenvalue weighted by Crippen LogP contribution is -2.16. The highest BCUT2D eigenvalue weighted by Gasteiger charge is 2.17. The molecule has 106 valence electrons. The van der Waals surface area contributed by atoms with E-state index in [2.05, 4.69) is 16.2 Å². The molecule has 0 fully saturated rings. The fourth-order valence-corrected chi connectivity index (χ4v) is 2.02. The van der Waals surface area contributed by atoms with Gasteiger partial charge in [-0.3, -0.25) is 9.78 Å². The van der Waals surface area contributed by atoms with Gasteiger partial charge in [0.1, 0.15) is 17.9 Å². The quantitative estimate of drug-likeness (QED) is 0.876. The summed E-state index contributed by atoms with van der Waals surface area (Å²) in [5.74, 6) is 2.58. The molecule has 0 aliphatic rings. The van der Waals surface area contributed by atoms with Gasteiger partial charge in [0.2, 0.25) is 0 Å². The second-order valence-corrected chi connectivity index (χ2v) is 4.54. The highest BCUT2D eigenvalue weighted by Crippen LogP contribution is 2.23. The molecule has 0 bridgehead atoms. The third-order valence-corrected chi connectivity index (χ3v) is 2.86. The Morgan fingerprint density at radius 1 is 1.33 bits per heavy atom. The minimum absolute atomic E-state index is 0.106. The molecule has 0 aliphatic heterocycles. The van der Waals surface area contributed by atoms with Crippen LogP contribution in [0.4, 0.5) is 5.69 Å². The number of rotatable bonds is 4. The smallest absolute Gasteiger partial charge is 0.261 e. The molecule has 1 aromatic heterocycles. The predicted molar refractivity (Wildman–Crippen MR) is 82.4 cm³/mol. The maximum atomic E-state index is 12.4. The molecule has 2 rings (SSSR count). The SMILES string of the molecule is C#CCOc1cc(C)nc(C)c1C(=O)Nc1ccccc1. The number of hydrogen-bond donors (Lipinski definition) is 1. The Hall–Kier alpha value is -2.80. The van der Waals surface area contributed by atoms with Gasteiger partial charge < -0.3 is 10.1 Å². The number of nitrogens with zero attached hydrogens (tertiary/aromatic N) is 1. The van der Waals surface area contributed by atoms with Gasteiger partial charge in [0, 0.05) is 17.4 Å². The molecule has 0 unspecified atom stereocenters. The minimum Gasteiger partial charge on any atom is -0.480 e. The van der Waals surface area contributed by atoms with E-state index in [0.29, 0.717) is 22.7 Å². The normalized spacial score (nSPS) is 9.76. The summed E-state index contributed by atoms with van der Waals surface area (Å²) in [5, 5.41) is 2.82. The van der Waals surface area contributed by atoms with Gasteiger partial charge >= 0.3 is 0 Å². The molecule has 4 heteroatoms. The molecule has 1 aromatic carbocycles. The van der Waals surface area contributed by atoms with Crippen molar-refractivity contribution < 1.29 is 9.53 Å². The van der Waals surface area contributed by atoms with Crippen LogP contribution in [0.3, 0.4) is 0 Å². The Balaban J connectivity index is 2.33. The van der Waals surface area contributed by atoms with E-state index >= 15 is 0 Å². The summed E-state index contributed by atoms with van der Waals surface area (Å²) < 4.78 is 5.47. The number of ether oxygens (including phenoxy) is 1. The van der Waals surface area contributed by atoms with Crippen molar-refractivity contribution in [3.05, 3.63) is 53.3 Å². The number of nitrogens with one attached hydrogen (secondary N) is 1. The molecule has 0 spiro atoms. The molecule has 1 heterocycles. The molecule has 0 saturated carbocycles.